The largest absolute Gasteiger partial charge is 0.269 e. The second-order valence-electron chi connectivity index (χ2n) is 2.91. The van der Waals surface area contributed by atoms with Gasteiger partial charge in [-0.05, 0) is 26.0 Å². The molecule has 0 unspecified atom stereocenters. The molecular weight excluding hydrogens is 196 g/mol. The average Bonchev–Trinajstić information content (AvgIpc) is 2.34. The van der Waals surface area contributed by atoms with Crippen molar-refractivity contribution in [2.24, 2.45) is 5.10 Å². The van der Waals surface area contributed by atoms with E-state index in [1.807, 2.05) is 83.9 Å². The second-order valence-corrected chi connectivity index (χ2v) is 2.91. The van der Waals surface area contributed by atoms with E-state index in [1.165, 1.54) is 0 Å². The van der Waals surface area contributed by atoms with Crippen molar-refractivity contribution in [3.8, 4) is 0 Å². The van der Waals surface area contributed by atoms with Crippen molar-refractivity contribution in [1.82, 2.24) is 0 Å². The summed E-state index contributed by atoms with van der Waals surface area (Å²) in [5, 5.41) is 6.17. The van der Waals surface area contributed by atoms with E-state index in [0.29, 0.717) is 0 Å². The average molecular weight is 222 g/mol. The Hall–Kier alpha value is -1.31. The van der Waals surface area contributed by atoms with Crippen LogP contribution in [0, 0.1) is 0 Å². The van der Waals surface area contributed by atoms with Crippen LogP contribution < -0.4 is 5.01 Å². The maximum Gasteiger partial charge on any atom is 0.0590 e. The van der Waals surface area contributed by atoms with Crippen LogP contribution in [0.1, 0.15) is 41.5 Å². The van der Waals surface area contributed by atoms with Gasteiger partial charge in [-0.2, -0.15) is 5.10 Å². The van der Waals surface area contributed by atoms with Gasteiger partial charge in [0, 0.05) is 12.8 Å². The van der Waals surface area contributed by atoms with E-state index in [4.69, 9.17) is 0 Å². The molecular formula is C14H26N2. The molecule has 92 valence electrons. The Kier molecular flexibility index (Phi) is 12.6. The first kappa shape index (κ1) is 17.1. The number of hydrazone groups is 1. The standard InChI is InChI=1S/C10H14N2.2C2H6/c1-9(2)11-12(3)10-7-5-4-6-8-10;2*1-2/h4-8H,1-3H3;2*1-2H3. The number of anilines is 1. The number of hydrogen-bond donors (Lipinski definition) is 0. The predicted molar refractivity (Wildman–Crippen MR) is 76.3 cm³/mol. The molecule has 1 aromatic carbocycles. The normalized spacial score (nSPS) is 7.69. The van der Waals surface area contributed by atoms with E-state index in [-0.39, 0.29) is 0 Å². The second kappa shape index (κ2) is 11.8. The van der Waals surface area contributed by atoms with Gasteiger partial charge in [0.05, 0.1) is 5.69 Å². The Labute approximate surface area is 101 Å². The van der Waals surface area contributed by atoms with Gasteiger partial charge in [0.2, 0.25) is 0 Å². The zero-order valence-electron chi connectivity index (χ0n) is 11.8. The number of para-hydroxylation sites is 1. The van der Waals surface area contributed by atoms with Crippen molar-refractivity contribution in [2.45, 2.75) is 41.5 Å². The van der Waals surface area contributed by atoms with E-state index in [1.54, 1.807) is 0 Å². The van der Waals surface area contributed by atoms with Crippen LogP contribution in [0.2, 0.25) is 0 Å². The van der Waals surface area contributed by atoms with Crippen molar-refractivity contribution in [3.63, 3.8) is 0 Å². The molecule has 0 heterocycles. The zero-order chi connectivity index (χ0) is 13.0. The van der Waals surface area contributed by atoms with Crippen LogP contribution >= 0.6 is 0 Å². The Bertz CT molecular complexity index is 261. The van der Waals surface area contributed by atoms with Crippen LogP contribution in [-0.2, 0) is 0 Å². The highest BCUT2D eigenvalue weighted by molar-refractivity contribution is 5.80. The topological polar surface area (TPSA) is 15.6 Å². The van der Waals surface area contributed by atoms with Gasteiger partial charge in [0.15, 0.2) is 0 Å². The number of rotatable bonds is 2. The highest BCUT2D eigenvalue weighted by Gasteiger charge is 1.94. The smallest absolute Gasteiger partial charge is 0.0590 e. The molecule has 1 rings (SSSR count). The monoisotopic (exact) mass is 222 g/mol. The number of nitrogens with zero attached hydrogens (tertiary/aromatic N) is 2. The summed E-state index contributed by atoms with van der Waals surface area (Å²) < 4.78 is 0. The Morgan fingerprint density at radius 2 is 1.38 bits per heavy atom. The van der Waals surface area contributed by atoms with Crippen molar-refractivity contribution in [3.05, 3.63) is 30.3 Å². The number of benzene rings is 1. The van der Waals surface area contributed by atoms with Crippen molar-refractivity contribution in [2.75, 3.05) is 12.1 Å². The Morgan fingerprint density at radius 3 is 1.75 bits per heavy atom. The molecule has 2 heteroatoms. The van der Waals surface area contributed by atoms with Crippen LogP contribution in [0.5, 0.6) is 0 Å². The lowest BCUT2D eigenvalue weighted by Gasteiger charge is -2.12. The van der Waals surface area contributed by atoms with E-state index in [9.17, 15) is 0 Å². The van der Waals surface area contributed by atoms with Gasteiger partial charge in [-0.1, -0.05) is 45.9 Å². The molecule has 2 nitrogen and oxygen atoms in total. The van der Waals surface area contributed by atoms with Crippen molar-refractivity contribution < 1.29 is 0 Å². The molecule has 0 bridgehead atoms. The van der Waals surface area contributed by atoms with Gasteiger partial charge in [0.1, 0.15) is 0 Å². The van der Waals surface area contributed by atoms with Gasteiger partial charge in [0.25, 0.3) is 0 Å². The van der Waals surface area contributed by atoms with Crippen molar-refractivity contribution in [1.29, 1.82) is 0 Å². The fraction of sp³-hybridized carbons (Fsp3) is 0.500. The minimum atomic E-state index is 1.06. The van der Waals surface area contributed by atoms with E-state index < -0.39 is 0 Å². The first-order valence-corrected chi connectivity index (χ1v) is 6.01. The summed E-state index contributed by atoms with van der Waals surface area (Å²) in [4.78, 5) is 0. The third-order valence-electron chi connectivity index (χ3n) is 1.48. The Morgan fingerprint density at radius 1 is 0.938 bits per heavy atom. The zero-order valence-corrected chi connectivity index (χ0v) is 11.8. The van der Waals surface area contributed by atoms with Crippen molar-refractivity contribution >= 4 is 11.4 Å². The summed E-state index contributed by atoms with van der Waals surface area (Å²) >= 11 is 0. The SMILES string of the molecule is CC.CC.CC(C)=NN(C)c1ccccc1. The summed E-state index contributed by atoms with van der Waals surface area (Å²) in [7, 11) is 1.95. The summed E-state index contributed by atoms with van der Waals surface area (Å²) in [5.74, 6) is 0. The quantitative estimate of drug-likeness (QED) is 0.528. The van der Waals surface area contributed by atoms with E-state index in [2.05, 4.69) is 5.10 Å². The van der Waals surface area contributed by atoms with Crippen LogP contribution in [0.25, 0.3) is 0 Å². The van der Waals surface area contributed by atoms with Crippen LogP contribution in [0.4, 0.5) is 5.69 Å². The van der Waals surface area contributed by atoms with Gasteiger partial charge in [-0.25, -0.2) is 0 Å². The summed E-state index contributed by atoms with van der Waals surface area (Å²) in [6.07, 6.45) is 0. The summed E-state index contributed by atoms with van der Waals surface area (Å²) in [6.45, 7) is 12.0. The molecule has 0 fully saturated rings. The molecule has 0 aromatic heterocycles. The van der Waals surface area contributed by atoms with Gasteiger partial charge < -0.3 is 0 Å². The molecule has 0 aliphatic heterocycles. The van der Waals surface area contributed by atoms with Crippen LogP contribution in [0.3, 0.4) is 0 Å². The molecule has 0 saturated heterocycles. The van der Waals surface area contributed by atoms with Crippen LogP contribution in [0.15, 0.2) is 35.4 Å². The molecule has 0 N–H and O–H groups in total. The fourth-order valence-electron chi connectivity index (χ4n) is 1.00. The van der Waals surface area contributed by atoms with Gasteiger partial charge >= 0.3 is 0 Å². The molecule has 0 aliphatic carbocycles. The minimum Gasteiger partial charge on any atom is -0.269 e. The fourth-order valence-corrected chi connectivity index (χ4v) is 1.00. The molecule has 1 aromatic rings. The summed E-state index contributed by atoms with van der Waals surface area (Å²) in [5.41, 5.74) is 2.17. The van der Waals surface area contributed by atoms with Crippen LogP contribution in [-0.4, -0.2) is 12.8 Å². The maximum atomic E-state index is 4.30. The molecule has 0 amide bonds. The molecule has 0 aliphatic rings. The molecule has 16 heavy (non-hydrogen) atoms. The summed E-state index contributed by atoms with van der Waals surface area (Å²) in [6, 6.07) is 10.1. The lowest BCUT2D eigenvalue weighted by atomic mass is 10.3. The first-order chi connectivity index (χ1) is 7.70. The molecule has 0 radical (unpaired) electrons. The Balaban J connectivity index is 0. The highest BCUT2D eigenvalue weighted by atomic mass is 15.4. The maximum absolute atomic E-state index is 4.30. The van der Waals surface area contributed by atoms with Gasteiger partial charge in [-0.3, -0.25) is 5.01 Å². The molecule has 0 spiro atoms. The lowest BCUT2D eigenvalue weighted by Crippen LogP contribution is -2.09. The molecule has 0 saturated carbocycles. The predicted octanol–water partition coefficient (Wildman–Crippen LogP) is 4.57. The number of hydrogen-bond acceptors (Lipinski definition) is 2. The minimum absolute atomic E-state index is 1.06. The third kappa shape index (κ3) is 8.04. The third-order valence-corrected chi connectivity index (χ3v) is 1.48. The lowest BCUT2D eigenvalue weighted by molar-refractivity contribution is 1.01. The van der Waals surface area contributed by atoms with E-state index in [0.717, 1.165) is 11.4 Å². The van der Waals surface area contributed by atoms with Gasteiger partial charge in [-0.15, -0.1) is 0 Å². The van der Waals surface area contributed by atoms with E-state index >= 15 is 0 Å². The molecule has 0 atom stereocenters. The highest BCUT2D eigenvalue weighted by Crippen LogP contribution is 2.10. The first-order valence-electron chi connectivity index (χ1n) is 6.01.